The van der Waals surface area contributed by atoms with E-state index in [4.69, 9.17) is 10.7 Å². The lowest BCUT2D eigenvalue weighted by Gasteiger charge is -2.24. The Bertz CT molecular complexity index is 575. The monoisotopic (exact) mass is 252 g/mol. The summed E-state index contributed by atoms with van der Waals surface area (Å²) in [6.45, 7) is 4.43. The van der Waals surface area contributed by atoms with E-state index >= 15 is 0 Å². The molecule has 0 aliphatic heterocycles. The first-order valence-corrected chi connectivity index (χ1v) is 6.44. The molecule has 1 N–H and O–H groups in total. The van der Waals surface area contributed by atoms with Gasteiger partial charge < -0.3 is 0 Å². The minimum Gasteiger partial charge on any atom is -0.258 e. The van der Waals surface area contributed by atoms with Crippen molar-refractivity contribution >= 4 is 5.87 Å². The first-order valence-electron chi connectivity index (χ1n) is 6.44. The molecular weight excluding hydrogens is 236 g/mol. The molecule has 0 heterocycles. The first kappa shape index (κ1) is 13.4. The molecule has 96 valence electrons. The molecular formula is C15H16N4. The summed E-state index contributed by atoms with van der Waals surface area (Å²) >= 11 is 0. The highest BCUT2D eigenvalue weighted by molar-refractivity contribution is 5.67. The lowest BCUT2D eigenvalue weighted by molar-refractivity contribution is 0.330. The van der Waals surface area contributed by atoms with E-state index in [0.717, 1.165) is 25.7 Å². The van der Waals surface area contributed by atoms with Gasteiger partial charge in [0.2, 0.25) is 0 Å². The highest BCUT2D eigenvalue weighted by atomic mass is 14.7. The lowest BCUT2D eigenvalue weighted by Crippen LogP contribution is -2.28. The van der Waals surface area contributed by atoms with Crippen molar-refractivity contribution in [3.63, 3.8) is 0 Å². The van der Waals surface area contributed by atoms with Crippen LogP contribution in [-0.2, 0) is 0 Å². The molecule has 2 aliphatic carbocycles. The molecule has 2 aliphatic rings. The third-order valence-electron chi connectivity index (χ3n) is 5.30. The summed E-state index contributed by atoms with van der Waals surface area (Å²) < 4.78 is 0. The summed E-state index contributed by atoms with van der Waals surface area (Å²) in [4.78, 5) is 0. The van der Waals surface area contributed by atoms with Crippen LogP contribution in [0.5, 0.6) is 0 Å². The molecule has 1 spiro atoms. The fourth-order valence-electron chi connectivity index (χ4n) is 3.81. The van der Waals surface area contributed by atoms with Crippen LogP contribution in [0.2, 0.25) is 0 Å². The van der Waals surface area contributed by atoms with Gasteiger partial charge >= 0.3 is 0 Å². The summed E-state index contributed by atoms with van der Waals surface area (Å²) in [5.74, 6) is 1.84. The fourth-order valence-corrected chi connectivity index (χ4v) is 3.81. The molecule has 0 aromatic heterocycles. The van der Waals surface area contributed by atoms with Crippen molar-refractivity contribution < 1.29 is 0 Å². The predicted molar refractivity (Wildman–Crippen MR) is 68.7 cm³/mol. The van der Waals surface area contributed by atoms with Gasteiger partial charge in [0, 0.05) is 0 Å². The number of nitriles is 3. The SMILES string of the molecule is CC1(C)CC12CCC(C(C#N)(C#N)C(=C=N)C#N)C2. The highest BCUT2D eigenvalue weighted by Gasteiger charge is 2.66. The zero-order valence-electron chi connectivity index (χ0n) is 11.2. The van der Waals surface area contributed by atoms with E-state index in [-0.39, 0.29) is 22.3 Å². The van der Waals surface area contributed by atoms with Crippen LogP contribution in [0.25, 0.3) is 0 Å². The molecule has 4 heteroatoms. The Morgan fingerprint density at radius 3 is 2.16 bits per heavy atom. The number of hydrogen-bond donors (Lipinski definition) is 1. The van der Waals surface area contributed by atoms with Crippen molar-refractivity contribution in [2.75, 3.05) is 0 Å². The largest absolute Gasteiger partial charge is 0.258 e. The number of nitrogens with zero attached hydrogens (tertiary/aromatic N) is 3. The second-order valence-electron chi connectivity index (χ2n) is 6.42. The molecule has 0 aromatic rings. The van der Waals surface area contributed by atoms with Crippen molar-refractivity contribution in [2.45, 2.75) is 39.5 Å². The van der Waals surface area contributed by atoms with Gasteiger partial charge in [0.15, 0.2) is 5.41 Å². The van der Waals surface area contributed by atoms with Crippen LogP contribution in [0.3, 0.4) is 0 Å². The van der Waals surface area contributed by atoms with E-state index in [1.54, 1.807) is 0 Å². The smallest absolute Gasteiger partial charge is 0.189 e. The predicted octanol–water partition coefficient (Wildman–Crippen LogP) is 2.93. The van der Waals surface area contributed by atoms with Crippen LogP contribution in [0.1, 0.15) is 39.5 Å². The molecule has 2 atom stereocenters. The number of allylic oxidation sites excluding steroid dienone is 1. The highest BCUT2D eigenvalue weighted by Crippen LogP contribution is 2.73. The Hall–Kier alpha value is -2.08. The van der Waals surface area contributed by atoms with Gasteiger partial charge in [-0.25, -0.2) is 0 Å². The van der Waals surface area contributed by atoms with Crippen molar-refractivity contribution in [3.8, 4) is 18.2 Å². The Balaban J connectivity index is 2.36. The van der Waals surface area contributed by atoms with Gasteiger partial charge in [0.25, 0.3) is 0 Å². The van der Waals surface area contributed by atoms with E-state index in [1.807, 2.05) is 24.1 Å². The molecule has 2 saturated carbocycles. The Labute approximate surface area is 113 Å². The van der Waals surface area contributed by atoms with Gasteiger partial charge in [-0.3, -0.25) is 5.41 Å². The van der Waals surface area contributed by atoms with Crippen LogP contribution in [0.15, 0.2) is 5.57 Å². The molecule has 2 unspecified atom stereocenters. The Kier molecular flexibility index (Phi) is 2.78. The molecule has 0 radical (unpaired) electrons. The van der Waals surface area contributed by atoms with Crippen molar-refractivity contribution in [3.05, 3.63) is 5.57 Å². The summed E-state index contributed by atoms with van der Waals surface area (Å²) in [6, 6.07) is 5.81. The zero-order valence-corrected chi connectivity index (χ0v) is 11.2. The van der Waals surface area contributed by atoms with Gasteiger partial charge in [-0.2, -0.15) is 15.8 Å². The van der Waals surface area contributed by atoms with Crippen molar-refractivity contribution in [1.29, 1.82) is 21.2 Å². The molecule has 4 nitrogen and oxygen atoms in total. The second-order valence-corrected chi connectivity index (χ2v) is 6.42. The first-order chi connectivity index (χ1) is 8.91. The van der Waals surface area contributed by atoms with E-state index in [9.17, 15) is 10.5 Å². The van der Waals surface area contributed by atoms with E-state index in [0.29, 0.717) is 0 Å². The van der Waals surface area contributed by atoms with Crippen LogP contribution in [-0.4, -0.2) is 5.87 Å². The van der Waals surface area contributed by atoms with Crippen LogP contribution in [0, 0.1) is 61.6 Å². The zero-order chi connectivity index (χ0) is 14.3. The van der Waals surface area contributed by atoms with Crippen LogP contribution in [0.4, 0.5) is 0 Å². The van der Waals surface area contributed by atoms with E-state index < -0.39 is 5.41 Å². The Morgan fingerprint density at radius 2 is 1.84 bits per heavy atom. The summed E-state index contributed by atoms with van der Waals surface area (Å²) in [7, 11) is 0. The Morgan fingerprint density at radius 1 is 1.26 bits per heavy atom. The molecule has 19 heavy (non-hydrogen) atoms. The minimum atomic E-state index is -1.49. The molecule has 0 saturated heterocycles. The summed E-state index contributed by atoms with van der Waals surface area (Å²) in [5, 5.41) is 35.1. The topological polar surface area (TPSA) is 95.2 Å². The molecule has 0 amide bonds. The van der Waals surface area contributed by atoms with E-state index in [2.05, 4.69) is 13.8 Å². The molecule has 2 rings (SSSR count). The van der Waals surface area contributed by atoms with Crippen LogP contribution < -0.4 is 0 Å². The van der Waals surface area contributed by atoms with E-state index in [1.165, 1.54) is 0 Å². The fraction of sp³-hybridized carbons (Fsp3) is 0.667. The van der Waals surface area contributed by atoms with Gasteiger partial charge in [0.05, 0.1) is 12.1 Å². The maximum atomic E-state index is 9.42. The molecule has 0 bridgehead atoms. The van der Waals surface area contributed by atoms with Crippen molar-refractivity contribution in [2.24, 2.45) is 22.2 Å². The normalized spacial score (nSPS) is 30.8. The van der Waals surface area contributed by atoms with Gasteiger partial charge in [-0.15, -0.1) is 0 Å². The molecule has 0 aromatic carbocycles. The summed E-state index contributed by atoms with van der Waals surface area (Å²) in [5.41, 5.74) is -1.12. The van der Waals surface area contributed by atoms with Gasteiger partial charge in [0.1, 0.15) is 11.6 Å². The average molecular weight is 252 g/mol. The second kappa shape index (κ2) is 3.96. The summed E-state index contributed by atoms with van der Waals surface area (Å²) in [6.07, 6.45) is 3.71. The maximum absolute atomic E-state index is 9.42. The van der Waals surface area contributed by atoms with Crippen LogP contribution >= 0.6 is 0 Å². The molecule has 2 fully saturated rings. The number of hydrogen-bond acceptors (Lipinski definition) is 4. The third kappa shape index (κ3) is 1.60. The lowest BCUT2D eigenvalue weighted by atomic mass is 9.71. The van der Waals surface area contributed by atoms with Gasteiger partial charge in [-0.05, 0) is 48.3 Å². The number of nitrogens with one attached hydrogen (secondary N) is 1. The van der Waals surface area contributed by atoms with Crippen molar-refractivity contribution in [1.82, 2.24) is 0 Å². The third-order valence-corrected chi connectivity index (χ3v) is 5.30. The maximum Gasteiger partial charge on any atom is 0.189 e. The minimum absolute atomic E-state index is 0.141. The quantitative estimate of drug-likeness (QED) is 0.604. The standard InChI is InChI=1S/C15H16N4/c1-13(2)8-14(13)4-3-11(5-14)15(9-18,10-19)12(6-16)7-17/h11,16H,3-5,8H2,1-2H3. The van der Waals surface area contributed by atoms with Gasteiger partial charge in [-0.1, -0.05) is 13.8 Å². The average Bonchev–Trinajstić information content (AvgIpc) is 2.75. The number of rotatable bonds is 2.